The summed E-state index contributed by atoms with van der Waals surface area (Å²) >= 11 is 6.15. The highest BCUT2D eigenvalue weighted by Gasteiger charge is 2.34. The van der Waals surface area contributed by atoms with Crippen LogP contribution >= 0.6 is 11.6 Å². The van der Waals surface area contributed by atoms with E-state index >= 15 is 0 Å². The summed E-state index contributed by atoms with van der Waals surface area (Å²) in [5.41, 5.74) is 3.61. The zero-order chi connectivity index (χ0) is 25.1. The van der Waals surface area contributed by atoms with Crippen LogP contribution in [0.1, 0.15) is 37.5 Å². The highest BCUT2D eigenvalue weighted by atomic mass is 35.5. The first-order chi connectivity index (χ1) is 17.5. The average Bonchev–Trinajstić information content (AvgIpc) is 2.90. The van der Waals surface area contributed by atoms with Crippen molar-refractivity contribution in [3.63, 3.8) is 0 Å². The Hall–Kier alpha value is -4.55. The molecule has 0 saturated carbocycles. The van der Waals surface area contributed by atoms with Gasteiger partial charge >= 0.3 is 0 Å². The zero-order valence-electron chi connectivity index (χ0n) is 19.0. The molecular weight excluding hydrogens is 474 g/mol. The number of amides is 3. The Kier molecular flexibility index (Phi) is 6.43. The molecule has 5 rings (SSSR count). The number of anilines is 1. The summed E-state index contributed by atoms with van der Waals surface area (Å²) in [4.78, 5) is 44.8. The van der Waals surface area contributed by atoms with Gasteiger partial charge in [-0.25, -0.2) is 0 Å². The molecule has 36 heavy (non-hydrogen) atoms. The predicted octanol–water partition coefficient (Wildman–Crippen LogP) is 5.71. The van der Waals surface area contributed by atoms with Crippen LogP contribution in [0, 0.1) is 0 Å². The maximum atomic E-state index is 13.5. The molecule has 0 aliphatic carbocycles. The lowest BCUT2D eigenvalue weighted by Crippen LogP contribution is -2.41. The van der Waals surface area contributed by atoms with E-state index in [1.54, 1.807) is 91.1 Å². The normalized spacial score (nSPS) is 14.0. The second-order valence-electron chi connectivity index (χ2n) is 8.18. The van der Waals surface area contributed by atoms with Crippen LogP contribution in [0.3, 0.4) is 0 Å². The average molecular weight is 494 g/mol. The first kappa shape index (κ1) is 23.2. The van der Waals surface area contributed by atoms with Gasteiger partial charge in [-0.1, -0.05) is 60.1 Å². The van der Waals surface area contributed by atoms with Gasteiger partial charge in [0, 0.05) is 23.0 Å². The minimum Gasteiger partial charge on any atom is -0.322 e. The molecule has 6 nitrogen and oxygen atoms in total. The van der Waals surface area contributed by atoms with Gasteiger partial charge in [-0.05, 0) is 59.7 Å². The molecule has 0 fully saturated rings. The van der Waals surface area contributed by atoms with E-state index in [2.05, 4.69) is 10.3 Å². The van der Waals surface area contributed by atoms with Gasteiger partial charge in [-0.3, -0.25) is 24.3 Å². The molecule has 0 unspecified atom stereocenters. The lowest BCUT2D eigenvalue weighted by Gasteiger charge is -2.28. The minimum absolute atomic E-state index is 0.0676. The van der Waals surface area contributed by atoms with E-state index in [0.717, 1.165) is 0 Å². The molecule has 0 saturated heterocycles. The van der Waals surface area contributed by atoms with Crippen molar-refractivity contribution in [2.45, 2.75) is 6.54 Å². The number of pyridine rings is 1. The van der Waals surface area contributed by atoms with Crippen LogP contribution in [-0.4, -0.2) is 27.6 Å². The van der Waals surface area contributed by atoms with Gasteiger partial charge in [0.05, 0.1) is 22.8 Å². The van der Waals surface area contributed by atoms with Crippen LogP contribution in [0.15, 0.2) is 97.2 Å². The summed E-state index contributed by atoms with van der Waals surface area (Å²) in [5.74, 6) is -1.11. The second-order valence-corrected chi connectivity index (χ2v) is 8.59. The highest BCUT2D eigenvalue weighted by molar-refractivity contribution is 6.35. The van der Waals surface area contributed by atoms with E-state index in [4.69, 9.17) is 11.6 Å². The van der Waals surface area contributed by atoms with E-state index in [-0.39, 0.29) is 18.4 Å². The summed E-state index contributed by atoms with van der Waals surface area (Å²) in [6.07, 6.45) is 3.35. The molecule has 1 N–H and O–H groups in total. The standard InChI is InChI=1S/C29H20ClN3O3/c30-26-14-4-3-13-24(26)27(34)32-20-10-7-8-19(16-20)17-25-22-11-1-2-12-23(22)28(35)33(29(25)36)18-21-9-5-6-15-31-21/h1-17H,18H2,(H,32,34). The Balaban J connectivity index is 1.48. The molecule has 1 aliphatic rings. The molecule has 1 aliphatic heterocycles. The number of carbonyl (C=O) groups is 3. The monoisotopic (exact) mass is 493 g/mol. The Morgan fingerprint density at radius 1 is 0.861 bits per heavy atom. The van der Waals surface area contributed by atoms with Crippen LogP contribution in [0.2, 0.25) is 5.02 Å². The van der Waals surface area contributed by atoms with Crippen molar-refractivity contribution in [3.05, 3.63) is 130 Å². The van der Waals surface area contributed by atoms with Gasteiger partial charge in [0.15, 0.2) is 0 Å². The summed E-state index contributed by atoms with van der Waals surface area (Å²) in [7, 11) is 0. The van der Waals surface area contributed by atoms with E-state index < -0.39 is 5.91 Å². The van der Waals surface area contributed by atoms with Crippen LogP contribution < -0.4 is 5.32 Å². The van der Waals surface area contributed by atoms with Gasteiger partial charge in [0.25, 0.3) is 17.7 Å². The fourth-order valence-corrected chi connectivity index (χ4v) is 4.28. The van der Waals surface area contributed by atoms with Crippen molar-refractivity contribution in [2.75, 3.05) is 5.32 Å². The number of nitrogens with zero attached hydrogens (tertiary/aromatic N) is 2. The summed E-state index contributed by atoms with van der Waals surface area (Å²) in [5, 5.41) is 3.20. The largest absolute Gasteiger partial charge is 0.322 e. The van der Waals surface area contributed by atoms with Gasteiger partial charge in [-0.15, -0.1) is 0 Å². The molecule has 7 heteroatoms. The lowest BCUT2D eigenvalue weighted by molar-refractivity contribution is -0.123. The number of nitrogens with one attached hydrogen (secondary N) is 1. The molecule has 3 amide bonds. The highest BCUT2D eigenvalue weighted by Crippen LogP contribution is 2.31. The summed E-state index contributed by atoms with van der Waals surface area (Å²) in [6, 6.07) is 26.3. The number of rotatable bonds is 5. The Bertz CT molecular complexity index is 1520. The van der Waals surface area contributed by atoms with Crippen molar-refractivity contribution in [3.8, 4) is 0 Å². The van der Waals surface area contributed by atoms with Crippen molar-refractivity contribution in [1.29, 1.82) is 0 Å². The fraction of sp³-hybridized carbons (Fsp3) is 0.0345. The third kappa shape index (κ3) is 4.67. The van der Waals surface area contributed by atoms with Crippen LogP contribution in [0.5, 0.6) is 0 Å². The molecule has 0 bridgehead atoms. The van der Waals surface area contributed by atoms with Gasteiger partial charge in [0.2, 0.25) is 0 Å². The predicted molar refractivity (Wildman–Crippen MR) is 139 cm³/mol. The van der Waals surface area contributed by atoms with Crippen molar-refractivity contribution < 1.29 is 14.4 Å². The minimum atomic E-state index is -0.408. The number of imide groups is 1. The molecule has 0 radical (unpaired) electrons. The summed E-state index contributed by atoms with van der Waals surface area (Å²) < 4.78 is 0. The molecule has 176 valence electrons. The van der Waals surface area contributed by atoms with Crippen LogP contribution in [0.4, 0.5) is 5.69 Å². The Morgan fingerprint density at radius 3 is 2.39 bits per heavy atom. The fourth-order valence-electron chi connectivity index (χ4n) is 4.06. The van der Waals surface area contributed by atoms with Gasteiger partial charge in [-0.2, -0.15) is 0 Å². The smallest absolute Gasteiger partial charge is 0.261 e. The number of hydrogen-bond acceptors (Lipinski definition) is 4. The number of hydrogen-bond donors (Lipinski definition) is 1. The third-order valence-corrected chi connectivity index (χ3v) is 6.12. The van der Waals surface area contributed by atoms with E-state index in [0.29, 0.717) is 44.2 Å². The van der Waals surface area contributed by atoms with Crippen molar-refractivity contribution in [2.24, 2.45) is 0 Å². The number of fused-ring (bicyclic) bond motifs is 1. The molecule has 3 aromatic carbocycles. The first-order valence-electron chi connectivity index (χ1n) is 11.2. The lowest BCUT2D eigenvalue weighted by atomic mass is 9.92. The third-order valence-electron chi connectivity index (χ3n) is 5.79. The van der Waals surface area contributed by atoms with Gasteiger partial charge in [0.1, 0.15) is 0 Å². The summed E-state index contributed by atoms with van der Waals surface area (Å²) in [6.45, 7) is 0.0676. The maximum absolute atomic E-state index is 13.5. The second kappa shape index (κ2) is 9.98. The molecule has 0 atom stereocenters. The SMILES string of the molecule is O=C(Nc1cccc(C=C2C(=O)N(Cc3ccccn3)C(=O)c3ccccc32)c1)c1ccccc1Cl. The molecular formula is C29H20ClN3O3. The Morgan fingerprint density at radius 2 is 1.61 bits per heavy atom. The zero-order valence-corrected chi connectivity index (χ0v) is 19.8. The van der Waals surface area contributed by atoms with Crippen molar-refractivity contribution in [1.82, 2.24) is 9.88 Å². The van der Waals surface area contributed by atoms with Gasteiger partial charge < -0.3 is 5.32 Å². The van der Waals surface area contributed by atoms with E-state index in [1.165, 1.54) is 4.90 Å². The maximum Gasteiger partial charge on any atom is 0.261 e. The van der Waals surface area contributed by atoms with Crippen LogP contribution in [0.25, 0.3) is 11.6 Å². The molecule has 2 heterocycles. The van der Waals surface area contributed by atoms with E-state index in [9.17, 15) is 14.4 Å². The molecule has 4 aromatic rings. The number of aromatic nitrogens is 1. The number of benzene rings is 3. The quantitative estimate of drug-likeness (QED) is 0.285. The molecule has 1 aromatic heterocycles. The molecule has 0 spiro atoms. The number of carbonyl (C=O) groups excluding carboxylic acids is 3. The Labute approximate surface area is 212 Å². The van der Waals surface area contributed by atoms with Crippen molar-refractivity contribution >= 4 is 46.7 Å². The topological polar surface area (TPSA) is 79.4 Å². The number of halogens is 1. The van der Waals surface area contributed by atoms with E-state index in [1.807, 2.05) is 12.1 Å². The first-order valence-corrected chi connectivity index (χ1v) is 11.6. The van der Waals surface area contributed by atoms with Crippen LogP contribution in [-0.2, 0) is 11.3 Å².